The van der Waals surface area contributed by atoms with Gasteiger partial charge in [0, 0.05) is 0 Å². The fourth-order valence-electron chi connectivity index (χ4n) is 1.38. The number of aliphatic imine (C=N–C) groups is 1. The molecule has 0 bridgehead atoms. The Bertz CT molecular complexity index is 337. The van der Waals surface area contributed by atoms with Crippen molar-refractivity contribution in [2.24, 2.45) is 4.99 Å². The number of carbonyl (C=O) groups excluding carboxylic acids is 1. The number of nitrogens with zero attached hydrogens (tertiary/aromatic N) is 1. The van der Waals surface area contributed by atoms with Crippen LogP contribution in [0.25, 0.3) is 0 Å². The van der Waals surface area contributed by atoms with Gasteiger partial charge in [0.25, 0.3) is 0 Å². The summed E-state index contributed by atoms with van der Waals surface area (Å²) < 4.78 is 0. The van der Waals surface area contributed by atoms with Gasteiger partial charge in [-0.25, -0.2) is 4.79 Å². The largest absolute Gasteiger partial charge is 0.240 e. The SMILES string of the molecule is O=C=Nc1cccc2c1CC2. The van der Waals surface area contributed by atoms with Gasteiger partial charge in [-0.3, -0.25) is 0 Å². The summed E-state index contributed by atoms with van der Waals surface area (Å²) in [5.74, 6) is 0. The van der Waals surface area contributed by atoms with E-state index < -0.39 is 0 Å². The van der Waals surface area contributed by atoms with Crippen molar-refractivity contribution in [3.8, 4) is 0 Å². The van der Waals surface area contributed by atoms with Gasteiger partial charge in [0.1, 0.15) is 0 Å². The molecule has 0 aromatic heterocycles. The first-order valence-corrected chi connectivity index (χ1v) is 3.60. The lowest BCUT2D eigenvalue weighted by Gasteiger charge is -2.19. The monoisotopic (exact) mass is 145 g/mol. The summed E-state index contributed by atoms with van der Waals surface area (Å²) in [6.45, 7) is 0. The molecule has 2 rings (SSSR count). The zero-order valence-corrected chi connectivity index (χ0v) is 6.00. The fourth-order valence-corrected chi connectivity index (χ4v) is 1.38. The Hall–Kier alpha value is -1.40. The van der Waals surface area contributed by atoms with E-state index in [4.69, 9.17) is 0 Å². The van der Waals surface area contributed by atoms with Gasteiger partial charge in [-0.1, -0.05) is 12.1 Å². The molecule has 0 heterocycles. The fraction of sp³-hybridized carbons (Fsp3) is 0.222. The predicted molar refractivity (Wildman–Crippen MR) is 41.6 cm³/mol. The van der Waals surface area contributed by atoms with Crippen LogP contribution in [0.4, 0.5) is 5.69 Å². The van der Waals surface area contributed by atoms with Gasteiger partial charge in [-0.05, 0) is 30.0 Å². The van der Waals surface area contributed by atoms with E-state index in [1.165, 1.54) is 11.1 Å². The van der Waals surface area contributed by atoms with E-state index in [1.807, 2.05) is 12.1 Å². The number of aryl methyl sites for hydroxylation is 1. The molecule has 0 saturated carbocycles. The zero-order valence-electron chi connectivity index (χ0n) is 6.00. The summed E-state index contributed by atoms with van der Waals surface area (Å²) in [6.07, 6.45) is 3.74. The molecule has 0 atom stereocenters. The molecule has 54 valence electrons. The van der Waals surface area contributed by atoms with Crippen molar-refractivity contribution in [2.75, 3.05) is 0 Å². The summed E-state index contributed by atoms with van der Waals surface area (Å²) in [7, 11) is 0. The molecule has 0 N–H and O–H groups in total. The van der Waals surface area contributed by atoms with Gasteiger partial charge >= 0.3 is 0 Å². The molecular weight excluding hydrogens is 138 g/mol. The summed E-state index contributed by atoms with van der Waals surface area (Å²) >= 11 is 0. The first-order valence-electron chi connectivity index (χ1n) is 3.60. The molecule has 1 aromatic rings. The maximum Gasteiger partial charge on any atom is 0.240 e. The quantitative estimate of drug-likeness (QED) is 0.437. The zero-order chi connectivity index (χ0) is 7.68. The third kappa shape index (κ3) is 0.883. The lowest BCUT2D eigenvalue weighted by atomic mass is 9.87. The van der Waals surface area contributed by atoms with E-state index >= 15 is 0 Å². The summed E-state index contributed by atoms with van der Waals surface area (Å²) in [6, 6.07) is 5.85. The van der Waals surface area contributed by atoms with Crippen LogP contribution in [0.3, 0.4) is 0 Å². The molecule has 0 unspecified atom stereocenters. The van der Waals surface area contributed by atoms with E-state index in [0.717, 1.165) is 18.5 Å². The third-order valence-corrected chi connectivity index (χ3v) is 2.06. The second-order valence-corrected chi connectivity index (χ2v) is 2.62. The van der Waals surface area contributed by atoms with E-state index in [0.29, 0.717) is 0 Å². The van der Waals surface area contributed by atoms with Crippen LogP contribution in [0.1, 0.15) is 11.1 Å². The van der Waals surface area contributed by atoms with Crippen LogP contribution in [0.15, 0.2) is 23.2 Å². The van der Waals surface area contributed by atoms with Crippen molar-refractivity contribution in [1.29, 1.82) is 0 Å². The Morgan fingerprint density at radius 2 is 2.27 bits per heavy atom. The molecule has 1 aliphatic rings. The topological polar surface area (TPSA) is 29.4 Å². The van der Waals surface area contributed by atoms with Crippen molar-refractivity contribution in [1.82, 2.24) is 0 Å². The normalized spacial score (nSPS) is 12.7. The van der Waals surface area contributed by atoms with E-state index in [9.17, 15) is 4.79 Å². The summed E-state index contributed by atoms with van der Waals surface area (Å²) in [5, 5.41) is 0. The third-order valence-electron chi connectivity index (χ3n) is 2.06. The van der Waals surface area contributed by atoms with Crippen LogP contribution < -0.4 is 0 Å². The van der Waals surface area contributed by atoms with Crippen molar-refractivity contribution >= 4 is 11.8 Å². The van der Waals surface area contributed by atoms with Gasteiger partial charge in [0.15, 0.2) is 0 Å². The molecule has 0 radical (unpaired) electrons. The van der Waals surface area contributed by atoms with Crippen LogP contribution >= 0.6 is 0 Å². The highest BCUT2D eigenvalue weighted by atomic mass is 16.1. The minimum atomic E-state index is 0.795. The number of hydrogen-bond acceptors (Lipinski definition) is 2. The minimum Gasteiger partial charge on any atom is -0.211 e. The molecule has 11 heavy (non-hydrogen) atoms. The van der Waals surface area contributed by atoms with Crippen LogP contribution in [-0.4, -0.2) is 6.08 Å². The first-order chi connectivity index (χ1) is 5.42. The maximum absolute atomic E-state index is 9.97. The van der Waals surface area contributed by atoms with Crippen LogP contribution in [0, 0.1) is 0 Å². The Kier molecular flexibility index (Phi) is 1.34. The molecule has 1 aliphatic carbocycles. The number of isocyanates is 1. The van der Waals surface area contributed by atoms with Crippen molar-refractivity contribution < 1.29 is 4.79 Å². The average Bonchev–Trinajstić information content (AvgIpc) is 1.94. The van der Waals surface area contributed by atoms with Crippen LogP contribution in [-0.2, 0) is 17.6 Å². The van der Waals surface area contributed by atoms with Crippen LogP contribution in [0.5, 0.6) is 0 Å². The smallest absolute Gasteiger partial charge is 0.211 e. The predicted octanol–water partition coefficient (Wildman–Crippen LogP) is 1.75. The lowest BCUT2D eigenvalue weighted by Crippen LogP contribution is -2.07. The molecular formula is C9H7NO. The second kappa shape index (κ2) is 2.33. The highest BCUT2D eigenvalue weighted by molar-refractivity contribution is 5.59. The Labute approximate surface area is 64.6 Å². The van der Waals surface area contributed by atoms with E-state index in [1.54, 1.807) is 6.08 Å². The standard InChI is InChI=1S/C9H7NO/c11-6-10-9-3-1-2-7-4-5-8(7)9/h1-3H,4-5H2. The molecule has 0 saturated heterocycles. The maximum atomic E-state index is 9.97. The van der Waals surface area contributed by atoms with E-state index in [2.05, 4.69) is 11.1 Å². The molecule has 0 fully saturated rings. The Morgan fingerprint density at radius 3 is 2.91 bits per heavy atom. The molecule has 2 heteroatoms. The van der Waals surface area contributed by atoms with Gasteiger partial charge in [-0.2, -0.15) is 4.99 Å². The van der Waals surface area contributed by atoms with Gasteiger partial charge in [0.2, 0.25) is 6.08 Å². The van der Waals surface area contributed by atoms with Crippen molar-refractivity contribution in [3.05, 3.63) is 29.3 Å². The molecule has 1 aromatic carbocycles. The van der Waals surface area contributed by atoms with E-state index in [-0.39, 0.29) is 0 Å². The number of fused-ring (bicyclic) bond motifs is 1. The van der Waals surface area contributed by atoms with Crippen molar-refractivity contribution in [2.45, 2.75) is 12.8 Å². The number of hydrogen-bond donors (Lipinski definition) is 0. The van der Waals surface area contributed by atoms with Gasteiger partial charge in [-0.15, -0.1) is 0 Å². The Balaban J connectivity index is 2.56. The molecule has 0 spiro atoms. The first kappa shape index (κ1) is 6.32. The van der Waals surface area contributed by atoms with Gasteiger partial charge < -0.3 is 0 Å². The lowest BCUT2D eigenvalue weighted by molar-refractivity contribution is 0.565. The number of rotatable bonds is 1. The molecule has 0 aliphatic heterocycles. The van der Waals surface area contributed by atoms with Crippen LogP contribution in [0.2, 0.25) is 0 Å². The highest BCUT2D eigenvalue weighted by Gasteiger charge is 2.15. The average molecular weight is 145 g/mol. The van der Waals surface area contributed by atoms with Crippen molar-refractivity contribution in [3.63, 3.8) is 0 Å². The Morgan fingerprint density at radius 1 is 1.36 bits per heavy atom. The summed E-state index contributed by atoms with van der Waals surface area (Å²) in [4.78, 5) is 13.6. The molecule has 0 amide bonds. The minimum absolute atomic E-state index is 0.795. The van der Waals surface area contributed by atoms with Gasteiger partial charge in [0.05, 0.1) is 5.69 Å². The molecule has 2 nitrogen and oxygen atoms in total. The number of benzene rings is 1. The summed E-state index contributed by atoms with van der Waals surface area (Å²) in [5.41, 5.74) is 3.33. The highest BCUT2D eigenvalue weighted by Crippen LogP contribution is 2.31. The second-order valence-electron chi connectivity index (χ2n) is 2.62.